The number of rotatable bonds is 5. The fraction of sp³-hybridized carbons (Fsp3) is 0.280. The van der Waals surface area contributed by atoms with Gasteiger partial charge in [-0.1, -0.05) is 0 Å². The third-order valence-electron chi connectivity index (χ3n) is 6.17. The predicted octanol–water partition coefficient (Wildman–Crippen LogP) is 5.11. The van der Waals surface area contributed by atoms with Crippen molar-refractivity contribution < 1.29 is 21.1 Å². The molecule has 0 N–H and O–H groups in total. The fourth-order valence-corrected chi connectivity index (χ4v) is 5.02. The van der Waals surface area contributed by atoms with E-state index >= 15 is 0 Å². The molecule has 5 aromatic rings. The van der Waals surface area contributed by atoms with Crippen molar-refractivity contribution in [3.8, 4) is 22.1 Å². The number of benzene rings is 1. The van der Waals surface area contributed by atoms with Crippen LogP contribution in [0.25, 0.3) is 33.0 Å². The molecule has 8 nitrogen and oxygen atoms in total. The van der Waals surface area contributed by atoms with Gasteiger partial charge in [0.25, 0.3) is 5.56 Å². The molecule has 35 heavy (non-hydrogen) atoms. The van der Waals surface area contributed by atoms with Crippen LogP contribution in [0.3, 0.4) is 0 Å². The normalized spacial score (nSPS) is 13.1. The molecule has 0 bridgehead atoms. The average molecular weight is 656 g/mol. The maximum absolute atomic E-state index is 13.5. The van der Waals surface area contributed by atoms with Crippen molar-refractivity contribution in [3.63, 3.8) is 0 Å². The van der Waals surface area contributed by atoms with Crippen molar-refractivity contribution >= 4 is 22.2 Å². The van der Waals surface area contributed by atoms with Gasteiger partial charge in [-0.15, -0.1) is 21.5 Å². The summed E-state index contributed by atoms with van der Waals surface area (Å²) in [6.45, 7) is 6.22. The molecule has 0 aliphatic heterocycles. The number of hydrogen-bond donors (Lipinski definition) is 0. The molecule has 0 atom stereocenters. The van der Waals surface area contributed by atoms with E-state index in [0.717, 1.165) is 33.3 Å². The zero-order valence-electron chi connectivity index (χ0n) is 20.0. The van der Waals surface area contributed by atoms with Gasteiger partial charge < -0.3 is 16.6 Å². The molecule has 0 spiro atoms. The minimum atomic E-state index is -0.0986. The van der Waals surface area contributed by atoms with Crippen LogP contribution < -0.4 is 5.56 Å². The van der Waals surface area contributed by atoms with E-state index in [2.05, 4.69) is 40.2 Å². The summed E-state index contributed by atoms with van der Waals surface area (Å²) in [6.07, 6.45) is 9.67. The predicted molar refractivity (Wildman–Crippen MR) is 135 cm³/mol. The Kier molecular flexibility index (Phi) is 6.93. The second-order valence-corrected chi connectivity index (χ2v) is 9.79. The molecule has 180 valence electrons. The van der Waals surface area contributed by atoms with Gasteiger partial charge in [-0.3, -0.25) is 9.36 Å². The monoisotopic (exact) mass is 656 g/mol. The van der Waals surface area contributed by atoms with Crippen LogP contribution in [-0.2, 0) is 21.1 Å². The van der Waals surface area contributed by atoms with Gasteiger partial charge in [0.2, 0.25) is 0 Å². The molecule has 0 saturated heterocycles. The smallest absolute Gasteiger partial charge is 0.265 e. The zero-order valence-corrected chi connectivity index (χ0v) is 23.8. The molecule has 1 aliphatic carbocycles. The van der Waals surface area contributed by atoms with Crippen LogP contribution in [0.15, 0.2) is 53.6 Å². The van der Waals surface area contributed by atoms with Gasteiger partial charge >= 0.3 is 0 Å². The summed E-state index contributed by atoms with van der Waals surface area (Å²) < 4.78 is 5.63. The van der Waals surface area contributed by atoms with E-state index < -0.39 is 0 Å². The summed E-state index contributed by atoms with van der Waals surface area (Å²) in [4.78, 5) is 23.6. The zero-order chi connectivity index (χ0) is 22.7. The molecular weight excluding hydrogens is 630 g/mol. The van der Waals surface area contributed by atoms with Crippen LogP contribution >= 0.6 is 11.3 Å². The number of hydrogen-bond acceptors (Lipinski definition) is 6. The molecule has 4 heterocycles. The first kappa shape index (κ1) is 25.2. The number of fused-ring (bicyclic) bond motifs is 1. The molecular formula is C25H26N7OSW-. The number of imidazole rings is 1. The molecule has 0 amide bonds. The van der Waals surface area contributed by atoms with E-state index in [1.54, 1.807) is 17.2 Å². The van der Waals surface area contributed by atoms with Gasteiger partial charge in [-0.2, -0.15) is 0 Å². The topological polar surface area (TPSA) is 83.4 Å². The van der Waals surface area contributed by atoms with E-state index in [1.807, 2.05) is 46.0 Å². The van der Waals surface area contributed by atoms with Crippen LogP contribution in [-0.4, -0.2) is 33.9 Å². The van der Waals surface area contributed by atoms with Crippen LogP contribution in [0.5, 0.6) is 0 Å². The van der Waals surface area contributed by atoms with Crippen LogP contribution in [0.4, 0.5) is 0 Å². The Labute approximate surface area is 222 Å². The van der Waals surface area contributed by atoms with E-state index in [1.165, 1.54) is 24.2 Å². The minimum absolute atomic E-state index is 0. The molecule has 10 heteroatoms. The van der Waals surface area contributed by atoms with Crippen molar-refractivity contribution in [2.45, 2.75) is 45.6 Å². The molecule has 1 fully saturated rings. The summed E-state index contributed by atoms with van der Waals surface area (Å²) in [5.74, 6) is 1.38. The summed E-state index contributed by atoms with van der Waals surface area (Å²) >= 11 is 1.54. The van der Waals surface area contributed by atoms with Crippen molar-refractivity contribution in [3.05, 3.63) is 77.8 Å². The Morgan fingerprint density at radius 3 is 2.63 bits per heavy atom. The first-order chi connectivity index (χ1) is 16.0. The fourth-order valence-electron chi connectivity index (χ4n) is 4.15. The molecule has 6 rings (SSSR count). The molecule has 1 aromatic carbocycles. The molecule has 1 saturated carbocycles. The van der Waals surface area contributed by atoms with Gasteiger partial charge in [0.15, 0.2) is 5.82 Å². The Morgan fingerprint density at radius 1 is 1.09 bits per heavy atom. The summed E-state index contributed by atoms with van der Waals surface area (Å²) in [7, 11) is 0. The van der Waals surface area contributed by atoms with Gasteiger partial charge in [0.05, 0.1) is 39.2 Å². The Bertz CT molecular complexity index is 1560. The molecule has 0 unspecified atom stereocenters. The molecule has 0 radical (unpaired) electrons. The average Bonchev–Trinajstić information content (AvgIpc) is 3.21. The largest absolute Gasteiger partial charge is 0.358 e. The second-order valence-electron chi connectivity index (χ2n) is 8.88. The molecule has 1 aliphatic rings. The molecule has 4 aromatic heterocycles. The summed E-state index contributed by atoms with van der Waals surface area (Å²) in [5, 5.41) is 10.9. The van der Waals surface area contributed by atoms with Crippen molar-refractivity contribution in [1.82, 2.24) is 33.9 Å². The van der Waals surface area contributed by atoms with E-state index in [0.29, 0.717) is 16.8 Å². The summed E-state index contributed by atoms with van der Waals surface area (Å²) in [6, 6.07) is 6.11. The van der Waals surface area contributed by atoms with Crippen molar-refractivity contribution in [2.75, 3.05) is 0 Å². The van der Waals surface area contributed by atoms with E-state index in [4.69, 9.17) is 0 Å². The quantitative estimate of drug-likeness (QED) is 0.246. The number of aryl methyl sites for hydroxylation is 1. The van der Waals surface area contributed by atoms with E-state index in [9.17, 15) is 4.79 Å². The number of nitrogens with zero attached hydrogens (tertiary/aromatic N) is 7. The third-order valence-corrected chi connectivity index (χ3v) is 7.08. The first-order valence-corrected chi connectivity index (χ1v) is 11.9. The maximum atomic E-state index is 13.5. The van der Waals surface area contributed by atoms with Gasteiger partial charge in [-0.05, 0) is 57.4 Å². The first-order valence-electron chi connectivity index (χ1n) is 11.0. The standard InChI is InChI=1S/C24H23N7OS.CH3.W/c1-14(2)30-13-27-28-23(30)22-7-17(10-33-22)31-12-26-19-6-15(3)21(8-18(19)24(31)32)29-9-20(25-11-29)16-4-5-16;;/h6-14,16H,4-5H2,1-3H3;1H3;/q;-1;. The second kappa shape index (κ2) is 9.63. The Balaban J connectivity index is 0.00000144. The van der Waals surface area contributed by atoms with Crippen LogP contribution in [0, 0.1) is 14.4 Å². The Hall–Kier alpha value is -2.90. The third kappa shape index (κ3) is 4.43. The minimum Gasteiger partial charge on any atom is -0.358 e. The number of aromatic nitrogens is 7. The maximum Gasteiger partial charge on any atom is 0.265 e. The summed E-state index contributed by atoms with van der Waals surface area (Å²) in [5.41, 5.74) is 4.49. The number of thiophene rings is 1. The van der Waals surface area contributed by atoms with Crippen molar-refractivity contribution in [1.29, 1.82) is 0 Å². The van der Waals surface area contributed by atoms with Crippen LogP contribution in [0.2, 0.25) is 0 Å². The van der Waals surface area contributed by atoms with Gasteiger partial charge in [0.1, 0.15) is 12.7 Å². The Morgan fingerprint density at radius 2 is 1.89 bits per heavy atom. The SMILES string of the molecule is Cc1cc2ncn(-c3csc(-c4nncn4C(C)C)c3)c(=O)c2cc1-n1cnc(C2CC2)c1.[CH3-].[W]. The van der Waals surface area contributed by atoms with Gasteiger partial charge in [0, 0.05) is 44.6 Å². The van der Waals surface area contributed by atoms with Crippen LogP contribution in [0.1, 0.15) is 49.9 Å². The van der Waals surface area contributed by atoms with E-state index in [-0.39, 0.29) is 40.1 Å². The van der Waals surface area contributed by atoms with Gasteiger partial charge in [-0.25, -0.2) is 9.97 Å². The van der Waals surface area contributed by atoms with Crippen molar-refractivity contribution in [2.24, 2.45) is 0 Å².